The first-order chi connectivity index (χ1) is 67.2. The Morgan fingerprint density at radius 2 is 0.596 bits per heavy atom. The molecule has 0 aromatic heterocycles. The van der Waals surface area contributed by atoms with Gasteiger partial charge in [0.05, 0.1) is 111 Å². The Morgan fingerprint density at radius 1 is 0.298 bits per heavy atom. The monoisotopic (exact) mass is 2050 g/mol. The number of nitrogens with zero attached hydrogens (tertiary/aromatic N) is 2. The molecule has 0 aromatic rings. The van der Waals surface area contributed by atoms with Gasteiger partial charge in [0, 0.05) is 58.5 Å². The van der Waals surface area contributed by atoms with E-state index < -0.39 is 348 Å². The summed E-state index contributed by atoms with van der Waals surface area (Å²) in [5, 5.41) is 260. The molecule has 7 saturated heterocycles. The number of ether oxygens (including phenoxy) is 14. The molecule has 0 unspecified atom stereocenters. The lowest BCUT2D eigenvalue weighted by atomic mass is 9.96. The number of ketones is 2. The van der Waals surface area contributed by atoms with Crippen LogP contribution in [0.3, 0.4) is 0 Å². The SMILES string of the molecule is CC(=O)[C@H](CCCCN)NC(=O)CCCCCNC(=O)CN(CC(=O)NCCCCCNC(=O)CN(CC(=O)NCCO[C@@H]1O[C@@H](C)[C@@H](O)[C@@H](O)[C@@H]1O)CC(=O)NCCO[C@H]1O[C@H](CO[C@H]2O[C@H](CO)[C@@H](O)[C@H](O)[C@@H]2O)[C@@H](O)[C@H](O[C@H]2O[C@H](CO)[C@@H](O)[C@H](O)[C@@H]2O)[C@@H]1O)CC(=O)NCCCCCC(=O)CCCO[C@H]1O[C@H](CO[C@H]2O[C@H](CO)[C@@H](O)[C@H](O)[C@@H]2O)[C@@H](O)[C@H](O[C@H]2O[C@H](CO)[C@@H](O)[C@H](O)[C@@H]2O)[C@@H]1O. The van der Waals surface area contributed by atoms with Gasteiger partial charge in [-0.2, -0.15) is 0 Å². The minimum absolute atomic E-state index is 0.0322. The standard InChI is InChI=1S/C85H150N10O46/c1-41(100)44(17-8-9-19-86)93-51(102)18-7-4-11-21-88-53(104)30-94(29-52(103)87-20-10-3-6-15-43(101)16-14-26-128-82-75(126)77(140-84-73(124)68(119)61(112)47(37-98)136-84)63(114)49(138-82)39-131-80-71(122)66(117)59(110)45(35-96)134-80)31-54(105)89-22-12-5-13-23-90-55(106)32-95(33-56(107)91-24-27-129-79-70(121)65(116)58(109)42(2)133-79)34-57(108)92-25-28-130-83-76(127)78(141-85-74(125)69(120)62(113)48(38-99)137-85)64(115)50(139-83)40-132-81-72(123)67(118)60(111)46(36-97)135-81/h42,44-50,58-85,96-99,109-127H,3-40,86H2,1-2H3,(H,87,103)(H,88,104)(H,89,105)(H,90,106)(H,91,107)(H,92,108)(H,93,102)/t42-,44-,45+,46+,47+,48+,49+,50+,58+,59+,60+,61+,62+,63+,64+,65+,66-,67-,68-,69-,70-,71-,72-,73-,74-,75-,76-,77-,78-,79+,80-,81-,82-,83-,84+,85+/m0/s1. The van der Waals surface area contributed by atoms with Crippen LogP contribution in [0.4, 0.5) is 0 Å². The summed E-state index contributed by atoms with van der Waals surface area (Å²) in [6.07, 6.45) is -54.9. The van der Waals surface area contributed by atoms with Crippen LogP contribution in [0.25, 0.3) is 0 Å². The van der Waals surface area contributed by atoms with Gasteiger partial charge in [-0.1, -0.05) is 12.8 Å². The van der Waals surface area contributed by atoms with Crippen LogP contribution in [0, 0.1) is 0 Å². The molecule has 0 saturated carbocycles. The maximum atomic E-state index is 13.7. The molecular weight excluding hydrogens is 1900 g/mol. The fraction of sp³-hybridized carbons (Fsp3) is 0.894. The molecule has 56 nitrogen and oxygen atoms in total. The second-order valence-electron chi connectivity index (χ2n) is 35.7. The zero-order chi connectivity index (χ0) is 104. The molecule has 816 valence electrons. The highest BCUT2D eigenvalue weighted by molar-refractivity contribution is 5.88. The summed E-state index contributed by atoms with van der Waals surface area (Å²) in [6, 6.07) is -0.630. The van der Waals surface area contributed by atoms with E-state index in [4.69, 9.17) is 72.0 Å². The number of nitrogens with two attached hydrogens (primary N) is 1. The van der Waals surface area contributed by atoms with E-state index in [1.165, 1.54) is 18.7 Å². The molecule has 7 aliphatic rings. The van der Waals surface area contributed by atoms with E-state index >= 15 is 0 Å². The fourth-order valence-electron chi connectivity index (χ4n) is 16.2. The predicted molar refractivity (Wildman–Crippen MR) is 470 cm³/mol. The second-order valence-corrected chi connectivity index (χ2v) is 35.7. The number of aliphatic hydroxyl groups is 23. The third kappa shape index (κ3) is 38.6. The number of rotatable bonds is 63. The summed E-state index contributed by atoms with van der Waals surface area (Å²) in [5.74, 6) is -4.51. The predicted octanol–water partition coefficient (Wildman–Crippen LogP) is -17.1. The van der Waals surface area contributed by atoms with Crippen LogP contribution in [0.1, 0.15) is 117 Å². The zero-order valence-electron chi connectivity index (χ0n) is 78.8. The maximum absolute atomic E-state index is 13.7. The van der Waals surface area contributed by atoms with Crippen molar-refractivity contribution in [2.24, 2.45) is 5.73 Å². The third-order valence-corrected chi connectivity index (χ3v) is 24.5. The van der Waals surface area contributed by atoms with Gasteiger partial charge in [-0.05, 0) is 91.0 Å². The van der Waals surface area contributed by atoms with Crippen LogP contribution in [0.5, 0.6) is 0 Å². The molecule has 0 bridgehead atoms. The molecule has 36 atom stereocenters. The van der Waals surface area contributed by atoms with Gasteiger partial charge in [0.1, 0.15) is 171 Å². The van der Waals surface area contributed by atoms with E-state index in [9.17, 15) is 161 Å². The van der Waals surface area contributed by atoms with Crippen molar-refractivity contribution in [1.29, 1.82) is 0 Å². The molecule has 0 spiro atoms. The molecule has 7 fully saturated rings. The molecule has 56 heteroatoms. The maximum Gasteiger partial charge on any atom is 0.234 e. The van der Waals surface area contributed by atoms with Crippen LogP contribution in [-0.4, -0.2) is 546 Å². The van der Waals surface area contributed by atoms with E-state index in [0.717, 1.165) is 4.90 Å². The van der Waals surface area contributed by atoms with Crippen molar-refractivity contribution in [3.05, 3.63) is 0 Å². The average Bonchev–Trinajstić information content (AvgIpc) is 0.783. The highest BCUT2D eigenvalue weighted by atomic mass is 16.8. The Kier molecular flexibility index (Phi) is 54.5. The molecule has 32 N–H and O–H groups in total. The largest absolute Gasteiger partial charge is 0.394 e. The van der Waals surface area contributed by atoms with E-state index in [2.05, 4.69) is 37.2 Å². The number of nitrogens with one attached hydrogen (secondary N) is 7. The number of aliphatic hydroxyl groups excluding tert-OH is 23. The van der Waals surface area contributed by atoms with Crippen LogP contribution in [-0.2, 0) is 109 Å². The molecule has 7 heterocycles. The molecule has 0 aliphatic carbocycles. The molecule has 7 aliphatic heterocycles. The number of carbonyl (C=O) groups is 9. The molecule has 0 aromatic carbocycles. The quantitative estimate of drug-likeness (QED) is 0.0251. The van der Waals surface area contributed by atoms with Gasteiger partial charge in [-0.25, -0.2) is 0 Å². The van der Waals surface area contributed by atoms with E-state index in [1.54, 1.807) is 0 Å². The highest BCUT2D eigenvalue weighted by Gasteiger charge is 2.56. The Balaban J connectivity index is 0.881. The van der Waals surface area contributed by atoms with Crippen molar-refractivity contribution in [3.63, 3.8) is 0 Å². The zero-order valence-corrected chi connectivity index (χ0v) is 78.8. The van der Waals surface area contributed by atoms with Crippen molar-refractivity contribution >= 4 is 52.9 Å². The molecule has 141 heavy (non-hydrogen) atoms. The van der Waals surface area contributed by atoms with Gasteiger partial charge in [-0.3, -0.25) is 53.0 Å². The van der Waals surface area contributed by atoms with Gasteiger partial charge in [-0.15, -0.1) is 0 Å². The molecule has 0 radical (unpaired) electrons. The van der Waals surface area contributed by atoms with Gasteiger partial charge < -0.3 is 227 Å². The van der Waals surface area contributed by atoms with Crippen molar-refractivity contribution in [3.8, 4) is 0 Å². The summed E-state index contributed by atoms with van der Waals surface area (Å²) < 4.78 is 78.4. The summed E-state index contributed by atoms with van der Waals surface area (Å²) in [4.78, 5) is 121. The molecule has 7 rings (SSSR count). The van der Waals surface area contributed by atoms with Crippen LogP contribution >= 0.6 is 0 Å². The first-order valence-electron chi connectivity index (χ1n) is 47.6. The first-order valence-corrected chi connectivity index (χ1v) is 47.6. The lowest BCUT2D eigenvalue weighted by Crippen LogP contribution is -2.65. The van der Waals surface area contributed by atoms with Crippen LogP contribution < -0.4 is 43.0 Å². The highest BCUT2D eigenvalue weighted by Crippen LogP contribution is 2.35. The fourth-order valence-corrected chi connectivity index (χ4v) is 16.2. The number of unbranched alkanes of at least 4 members (excludes halogenated alkanes) is 7. The van der Waals surface area contributed by atoms with Gasteiger partial charge in [0.15, 0.2) is 49.8 Å². The summed E-state index contributed by atoms with van der Waals surface area (Å²) >= 11 is 0. The van der Waals surface area contributed by atoms with Crippen molar-refractivity contribution < 1.29 is 227 Å². The summed E-state index contributed by atoms with van der Waals surface area (Å²) in [6.45, 7) is -5.78. The Labute approximate surface area is 811 Å². The van der Waals surface area contributed by atoms with Crippen LogP contribution in [0.2, 0.25) is 0 Å². The summed E-state index contributed by atoms with van der Waals surface area (Å²) in [7, 11) is 0. The number of carbonyl (C=O) groups excluding carboxylic acids is 9. The molecule has 7 amide bonds. The van der Waals surface area contributed by atoms with Gasteiger partial charge in [0.25, 0.3) is 0 Å². The first kappa shape index (κ1) is 122. The lowest BCUT2D eigenvalue weighted by molar-refractivity contribution is -0.366. The van der Waals surface area contributed by atoms with Crippen LogP contribution in [0.15, 0.2) is 0 Å². The lowest BCUT2D eigenvalue weighted by Gasteiger charge is -2.46. The number of hydrogen-bond acceptors (Lipinski definition) is 49. The minimum Gasteiger partial charge on any atom is -0.394 e. The second kappa shape index (κ2) is 63.0. The van der Waals surface area contributed by atoms with Crippen molar-refractivity contribution in [2.45, 2.75) is 338 Å². The van der Waals surface area contributed by atoms with E-state index in [-0.39, 0.29) is 89.1 Å². The smallest absolute Gasteiger partial charge is 0.234 e. The Morgan fingerprint density at radius 3 is 0.950 bits per heavy atom. The normalized spacial score (nSPS) is 34.8. The third-order valence-electron chi connectivity index (χ3n) is 24.5. The molecular formula is C85H150N10O46. The number of hydrogen-bond donors (Lipinski definition) is 31. The van der Waals surface area contributed by atoms with Gasteiger partial charge in [0.2, 0.25) is 41.4 Å². The van der Waals surface area contributed by atoms with Crippen molar-refractivity contribution in [2.75, 3.05) is 145 Å². The number of amides is 7. The average molecular weight is 2050 g/mol. The van der Waals surface area contributed by atoms with E-state index in [1.807, 2.05) is 0 Å². The Bertz CT molecular complexity index is 3680. The number of Topliss-reactive ketones (excluding diaryl/α,β-unsaturated/α-hetero) is 2. The van der Waals surface area contributed by atoms with Crippen molar-refractivity contribution in [1.82, 2.24) is 47.0 Å². The summed E-state index contributed by atoms with van der Waals surface area (Å²) in [5.41, 5.74) is 5.58. The van der Waals surface area contributed by atoms with E-state index in [0.29, 0.717) is 83.6 Å². The topological polar surface area (TPSA) is 865 Å². The Hall–Kier alpha value is -5.97. The van der Waals surface area contributed by atoms with Gasteiger partial charge >= 0.3 is 0 Å². The minimum atomic E-state index is -2.04.